The molecule has 2 aliphatic rings. The van der Waals surface area contributed by atoms with Crippen LogP contribution in [0.4, 0.5) is 0 Å². The first-order valence-electron chi connectivity index (χ1n) is 9.53. The molecule has 0 saturated heterocycles. The van der Waals surface area contributed by atoms with Gasteiger partial charge in [-0.15, -0.1) is 0 Å². The molecule has 0 aromatic rings. The van der Waals surface area contributed by atoms with Crippen molar-refractivity contribution in [3.8, 4) is 0 Å². The van der Waals surface area contributed by atoms with Crippen molar-refractivity contribution in [3.63, 3.8) is 0 Å². The average molecular weight is 374 g/mol. The minimum atomic E-state index is -0.398. The highest BCUT2D eigenvalue weighted by molar-refractivity contribution is 5.96. The van der Waals surface area contributed by atoms with Crippen molar-refractivity contribution < 1.29 is 23.9 Å². The van der Waals surface area contributed by atoms with Crippen molar-refractivity contribution in [2.24, 2.45) is 29.1 Å². The summed E-state index contributed by atoms with van der Waals surface area (Å²) in [6.07, 6.45) is 8.89. The van der Waals surface area contributed by atoms with Crippen molar-refractivity contribution >= 4 is 17.7 Å². The van der Waals surface area contributed by atoms with E-state index in [2.05, 4.69) is 0 Å². The van der Waals surface area contributed by atoms with Crippen LogP contribution in [0.25, 0.3) is 0 Å². The van der Waals surface area contributed by atoms with Crippen molar-refractivity contribution in [1.82, 2.24) is 0 Å². The molecule has 2 unspecified atom stereocenters. The fourth-order valence-electron chi connectivity index (χ4n) is 3.79. The number of carbonyl (C=O) groups excluding carboxylic acids is 3. The van der Waals surface area contributed by atoms with Gasteiger partial charge in [-0.1, -0.05) is 45.9 Å². The molecule has 0 bridgehead atoms. The molecule has 0 radical (unpaired) electrons. The van der Waals surface area contributed by atoms with Crippen LogP contribution in [0.5, 0.6) is 0 Å². The summed E-state index contributed by atoms with van der Waals surface area (Å²) in [5.41, 5.74) is 0.194. The third kappa shape index (κ3) is 4.40. The molecule has 148 valence electrons. The summed E-state index contributed by atoms with van der Waals surface area (Å²) in [7, 11) is 1.33. The number of hydrogen-bond acceptors (Lipinski definition) is 5. The normalized spacial score (nSPS) is 29.6. The Morgan fingerprint density at radius 2 is 1.93 bits per heavy atom. The molecule has 0 heterocycles. The second-order valence-electron chi connectivity index (χ2n) is 8.05. The summed E-state index contributed by atoms with van der Waals surface area (Å²) in [6.45, 7) is 9.59. The maximum absolute atomic E-state index is 12.7. The van der Waals surface area contributed by atoms with Crippen LogP contribution < -0.4 is 0 Å². The summed E-state index contributed by atoms with van der Waals surface area (Å²) in [5.74, 6) is -0.968. The molecule has 4 atom stereocenters. The Kier molecular flexibility index (Phi) is 6.45. The lowest BCUT2D eigenvalue weighted by Crippen LogP contribution is -2.17. The molecular weight excluding hydrogens is 344 g/mol. The molecule has 5 heteroatoms. The van der Waals surface area contributed by atoms with Crippen LogP contribution >= 0.6 is 0 Å². The Morgan fingerprint density at radius 1 is 1.26 bits per heavy atom. The molecule has 0 aromatic carbocycles. The highest BCUT2D eigenvalue weighted by Gasteiger charge is 2.62. The van der Waals surface area contributed by atoms with E-state index >= 15 is 0 Å². The predicted molar refractivity (Wildman–Crippen MR) is 102 cm³/mol. The number of carbonyl (C=O) groups is 3. The minimum absolute atomic E-state index is 0.0130. The highest BCUT2D eigenvalue weighted by Crippen LogP contribution is 2.60. The quantitative estimate of drug-likeness (QED) is 0.383. The van der Waals surface area contributed by atoms with Crippen LogP contribution in [0.15, 0.2) is 35.6 Å². The van der Waals surface area contributed by atoms with Crippen molar-refractivity contribution in [3.05, 3.63) is 35.6 Å². The fourth-order valence-corrected chi connectivity index (χ4v) is 3.79. The largest absolute Gasteiger partial charge is 0.466 e. The Hall–Kier alpha value is -2.17. The van der Waals surface area contributed by atoms with Gasteiger partial charge in [0, 0.05) is 23.5 Å². The minimum Gasteiger partial charge on any atom is -0.466 e. The number of hydrogen-bond donors (Lipinski definition) is 0. The Morgan fingerprint density at radius 3 is 2.52 bits per heavy atom. The first kappa shape index (κ1) is 21.1. The first-order chi connectivity index (χ1) is 12.6. The Bertz CT molecular complexity index is 710. The first-order valence-corrected chi connectivity index (χ1v) is 9.53. The SMILES string of the molecule is CCC=CCC1C(=O)C=C(OC(=O)[C@@H]2[C@@H](C=C(C)C(=O)OC)C2(C)C)C1C. The summed E-state index contributed by atoms with van der Waals surface area (Å²) >= 11 is 0. The van der Waals surface area contributed by atoms with Gasteiger partial charge >= 0.3 is 11.9 Å². The van der Waals surface area contributed by atoms with Crippen LogP contribution in [0.2, 0.25) is 0 Å². The zero-order valence-electron chi connectivity index (χ0n) is 17.1. The van der Waals surface area contributed by atoms with Gasteiger partial charge in [0.1, 0.15) is 5.76 Å². The Balaban J connectivity index is 2.03. The maximum atomic E-state index is 12.7. The van der Waals surface area contributed by atoms with Gasteiger partial charge in [0.05, 0.1) is 13.0 Å². The number of ether oxygens (including phenoxy) is 2. The molecule has 5 nitrogen and oxygen atoms in total. The van der Waals surface area contributed by atoms with E-state index < -0.39 is 5.97 Å². The number of allylic oxidation sites excluding steroid dienone is 5. The molecule has 0 amide bonds. The van der Waals surface area contributed by atoms with E-state index in [0.717, 1.165) is 6.42 Å². The van der Waals surface area contributed by atoms with Gasteiger partial charge in [-0.2, -0.15) is 0 Å². The number of ketones is 1. The molecule has 2 rings (SSSR count). The van der Waals surface area contributed by atoms with E-state index in [0.29, 0.717) is 17.8 Å². The molecule has 0 N–H and O–H groups in total. The lowest BCUT2D eigenvalue weighted by Gasteiger charge is -2.16. The molecule has 0 aliphatic heterocycles. The second-order valence-corrected chi connectivity index (χ2v) is 8.05. The van der Waals surface area contributed by atoms with Gasteiger partial charge < -0.3 is 9.47 Å². The fraction of sp³-hybridized carbons (Fsp3) is 0.591. The zero-order chi connectivity index (χ0) is 20.4. The molecule has 27 heavy (non-hydrogen) atoms. The molecule has 0 aromatic heterocycles. The summed E-state index contributed by atoms with van der Waals surface area (Å²) in [6, 6.07) is 0. The van der Waals surface area contributed by atoms with E-state index in [1.807, 2.05) is 39.8 Å². The lowest BCUT2D eigenvalue weighted by molar-refractivity contribution is -0.143. The smallest absolute Gasteiger partial charge is 0.333 e. The molecular formula is C22H30O5. The molecule has 2 aliphatic carbocycles. The highest BCUT2D eigenvalue weighted by atomic mass is 16.5. The molecule has 0 spiro atoms. The monoisotopic (exact) mass is 374 g/mol. The zero-order valence-corrected chi connectivity index (χ0v) is 17.1. The number of esters is 2. The van der Waals surface area contributed by atoms with Gasteiger partial charge in [0.15, 0.2) is 5.78 Å². The van der Waals surface area contributed by atoms with E-state index in [-0.39, 0.29) is 40.8 Å². The van der Waals surface area contributed by atoms with Gasteiger partial charge in [-0.3, -0.25) is 9.59 Å². The van der Waals surface area contributed by atoms with Gasteiger partial charge in [-0.05, 0) is 31.1 Å². The van der Waals surface area contributed by atoms with Crippen LogP contribution in [0, 0.1) is 29.1 Å². The summed E-state index contributed by atoms with van der Waals surface area (Å²) in [5, 5.41) is 0. The van der Waals surface area contributed by atoms with Crippen LogP contribution in [0.1, 0.15) is 47.5 Å². The van der Waals surface area contributed by atoms with E-state index in [1.54, 1.807) is 13.0 Å². The van der Waals surface area contributed by atoms with Crippen molar-refractivity contribution in [2.75, 3.05) is 7.11 Å². The van der Waals surface area contributed by atoms with Gasteiger partial charge in [0.2, 0.25) is 0 Å². The second kappa shape index (κ2) is 8.24. The topological polar surface area (TPSA) is 69.7 Å². The molecule has 1 fully saturated rings. The summed E-state index contributed by atoms with van der Waals surface area (Å²) < 4.78 is 10.3. The van der Waals surface area contributed by atoms with Crippen LogP contribution in [-0.4, -0.2) is 24.8 Å². The Labute approximate surface area is 161 Å². The third-order valence-electron chi connectivity index (χ3n) is 5.81. The van der Waals surface area contributed by atoms with Crippen molar-refractivity contribution in [2.45, 2.75) is 47.5 Å². The van der Waals surface area contributed by atoms with Gasteiger partial charge in [-0.25, -0.2) is 4.79 Å². The van der Waals surface area contributed by atoms with Crippen LogP contribution in [-0.2, 0) is 23.9 Å². The van der Waals surface area contributed by atoms with Crippen LogP contribution in [0.3, 0.4) is 0 Å². The third-order valence-corrected chi connectivity index (χ3v) is 5.81. The number of rotatable bonds is 7. The van der Waals surface area contributed by atoms with E-state index in [4.69, 9.17) is 9.47 Å². The molecule has 1 saturated carbocycles. The standard InChI is InChI=1S/C22H30O5/c1-7-8-9-10-15-14(3)18(12-17(15)23)27-21(25)19-16(22(19,4)5)11-13(2)20(24)26-6/h8-9,11-12,14-16,19H,7,10H2,1-6H3/t14?,15?,16-,19+/m1/s1. The summed E-state index contributed by atoms with van der Waals surface area (Å²) in [4.78, 5) is 36.5. The van der Waals surface area contributed by atoms with E-state index in [1.165, 1.54) is 13.2 Å². The maximum Gasteiger partial charge on any atom is 0.333 e. The average Bonchev–Trinajstić information content (AvgIpc) is 3.05. The van der Waals surface area contributed by atoms with Crippen molar-refractivity contribution in [1.29, 1.82) is 0 Å². The number of methoxy groups -OCH3 is 1. The predicted octanol–water partition coefficient (Wildman–Crippen LogP) is 4.00. The van der Waals surface area contributed by atoms with E-state index in [9.17, 15) is 14.4 Å². The lowest BCUT2D eigenvalue weighted by atomic mass is 9.92. The van der Waals surface area contributed by atoms with Gasteiger partial charge in [0.25, 0.3) is 0 Å².